The Balaban J connectivity index is 1.43. The number of rotatable bonds is 6. The van der Waals surface area contributed by atoms with Gasteiger partial charge in [-0.2, -0.15) is 0 Å². The lowest BCUT2D eigenvalue weighted by atomic mass is 9.93. The molecule has 0 amide bonds. The summed E-state index contributed by atoms with van der Waals surface area (Å²) in [4.78, 5) is 2.32. The smallest absolute Gasteiger partial charge is 0.0473 e. The van der Waals surface area contributed by atoms with Gasteiger partial charge in [0.1, 0.15) is 0 Å². The van der Waals surface area contributed by atoms with Crippen LogP contribution in [0.1, 0.15) is 0 Å². The summed E-state index contributed by atoms with van der Waals surface area (Å²) in [5, 5.41) is 2.24. The Hall–Kier alpha value is -5.60. The minimum atomic E-state index is 0.795. The standard InChI is InChI=1S/C40H30N2/c41-39-24-12-16-30-15-11-23-38(40(30)39)32-18-10-17-31(25-32)34-26-33(29-13-4-1-5-14-29)27-37(28-34)42(35-19-6-2-7-20-35)36-21-8-3-9-22-36/h1-28H,41H2. The molecule has 7 rings (SSSR count). The van der Waals surface area contributed by atoms with Crippen LogP contribution in [0.15, 0.2) is 170 Å². The minimum Gasteiger partial charge on any atom is -0.398 e. The zero-order valence-corrected chi connectivity index (χ0v) is 23.2. The van der Waals surface area contributed by atoms with E-state index in [1.165, 1.54) is 11.1 Å². The molecular formula is C40H30N2. The summed E-state index contributed by atoms with van der Waals surface area (Å²) < 4.78 is 0. The third kappa shape index (κ3) is 4.91. The van der Waals surface area contributed by atoms with Crippen molar-refractivity contribution in [2.24, 2.45) is 0 Å². The van der Waals surface area contributed by atoms with Gasteiger partial charge in [-0.1, -0.05) is 115 Å². The van der Waals surface area contributed by atoms with Crippen LogP contribution in [0.5, 0.6) is 0 Å². The van der Waals surface area contributed by atoms with Gasteiger partial charge >= 0.3 is 0 Å². The summed E-state index contributed by atoms with van der Waals surface area (Å²) in [6.07, 6.45) is 0. The molecule has 200 valence electrons. The Kier molecular flexibility index (Phi) is 6.71. The molecule has 7 aromatic carbocycles. The van der Waals surface area contributed by atoms with E-state index in [0.717, 1.165) is 55.8 Å². The molecule has 0 bridgehead atoms. The number of benzene rings is 7. The van der Waals surface area contributed by atoms with Crippen molar-refractivity contribution in [2.45, 2.75) is 0 Å². The number of anilines is 4. The van der Waals surface area contributed by atoms with E-state index in [-0.39, 0.29) is 0 Å². The van der Waals surface area contributed by atoms with E-state index in [9.17, 15) is 0 Å². The average Bonchev–Trinajstić information content (AvgIpc) is 3.06. The van der Waals surface area contributed by atoms with Gasteiger partial charge in [0, 0.05) is 28.1 Å². The number of nitrogens with two attached hydrogens (primary N) is 1. The number of nitrogen functional groups attached to an aromatic ring is 1. The van der Waals surface area contributed by atoms with Gasteiger partial charge in [0.2, 0.25) is 0 Å². The van der Waals surface area contributed by atoms with Crippen molar-refractivity contribution in [3.63, 3.8) is 0 Å². The fourth-order valence-corrected chi connectivity index (χ4v) is 5.78. The molecule has 0 aliphatic rings. The second-order valence-electron chi connectivity index (χ2n) is 10.5. The predicted molar refractivity (Wildman–Crippen MR) is 179 cm³/mol. The number of fused-ring (bicyclic) bond motifs is 1. The van der Waals surface area contributed by atoms with Crippen molar-refractivity contribution in [3.05, 3.63) is 170 Å². The summed E-state index contributed by atoms with van der Waals surface area (Å²) in [6, 6.07) is 59.9. The molecule has 0 spiro atoms. The van der Waals surface area contributed by atoms with Gasteiger partial charge < -0.3 is 10.6 Å². The fourth-order valence-electron chi connectivity index (χ4n) is 5.78. The van der Waals surface area contributed by atoms with Gasteiger partial charge in [-0.3, -0.25) is 0 Å². The summed E-state index contributed by atoms with van der Waals surface area (Å²) in [5.41, 5.74) is 17.5. The van der Waals surface area contributed by atoms with Crippen LogP contribution in [0, 0.1) is 0 Å². The molecule has 0 saturated carbocycles. The minimum absolute atomic E-state index is 0.795. The number of nitrogens with zero attached hydrogens (tertiary/aromatic N) is 1. The highest BCUT2D eigenvalue weighted by molar-refractivity contribution is 6.04. The maximum absolute atomic E-state index is 6.49. The Morgan fingerprint density at radius 1 is 0.357 bits per heavy atom. The van der Waals surface area contributed by atoms with Crippen molar-refractivity contribution in [1.82, 2.24) is 0 Å². The summed E-state index contributed by atoms with van der Waals surface area (Å²) in [7, 11) is 0. The first kappa shape index (κ1) is 25.4. The highest BCUT2D eigenvalue weighted by atomic mass is 15.1. The second-order valence-corrected chi connectivity index (χ2v) is 10.5. The lowest BCUT2D eigenvalue weighted by molar-refractivity contribution is 1.28. The van der Waals surface area contributed by atoms with Gasteiger partial charge in [-0.25, -0.2) is 0 Å². The molecule has 0 saturated heterocycles. The van der Waals surface area contributed by atoms with E-state index >= 15 is 0 Å². The van der Waals surface area contributed by atoms with Crippen molar-refractivity contribution >= 4 is 33.5 Å². The molecule has 0 radical (unpaired) electrons. The first-order valence-corrected chi connectivity index (χ1v) is 14.2. The molecule has 0 aromatic heterocycles. The number of para-hydroxylation sites is 2. The van der Waals surface area contributed by atoms with E-state index in [0.29, 0.717) is 0 Å². The molecule has 7 aromatic rings. The maximum Gasteiger partial charge on any atom is 0.0473 e. The lowest BCUT2D eigenvalue weighted by Crippen LogP contribution is -2.10. The maximum atomic E-state index is 6.49. The van der Waals surface area contributed by atoms with Crippen molar-refractivity contribution < 1.29 is 0 Å². The third-order valence-corrected chi connectivity index (χ3v) is 7.76. The van der Waals surface area contributed by atoms with E-state index < -0.39 is 0 Å². The average molecular weight is 539 g/mol. The van der Waals surface area contributed by atoms with Crippen LogP contribution < -0.4 is 10.6 Å². The zero-order chi connectivity index (χ0) is 28.3. The van der Waals surface area contributed by atoms with Crippen LogP contribution >= 0.6 is 0 Å². The van der Waals surface area contributed by atoms with Crippen LogP contribution in [-0.2, 0) is 0 Å². The predicted octanol–water partition coefficient (Wildman–Crippen LogP) is 10.9. The largest absolute Gasteiger partial charge is 0.398 e. The highest BCUT2D eigenvalue weighted by Gasteiger charge is 2.16. The number of hydrogen-bond acceptors (Lipinski definition) is 2. The van der Waals surface area contributed by atoms with Gasteiger partial charge in [0.25, 0.3) is 0 Å². The van der Waals surface area contributed by atoms with Crippen LogP contribution in [0.3, 0.4) is 0 Å². The van der Waals surface area contributed by atoms with Crippen molar-refractivity contribution in [1.29, 1.82) is 0 Å². The molecule has 42 heavy (non-hydrogen) atoms. The monoisotopic (exact) mass is 538 g/mol. The molecule has 0 atom stereocenters. The van der Waals surface area contributed by atoms with Gasteiger partial charge in [0.15, 0.2) is 0 Å². The van der Waals surface area contributed by atoms with Crippen molar-refractivity contribution in [3.8, 4) is 33.4 Å². The molecular weight excluding hydrogens is 508 g/mol. The van der Waals surface area contributed by atoms with E-state index in [1.54, 1.807) is 0 Å². The van der Waals surface area contributed by atoms with Crippen LogP contribution in [-0.4, -0.2) is 0 Å². The van der Waals surface area contributed by atoms with E-state index in [1.807, 2.05) is 12.1 Å². The highest BCUT2D eigenvalue weighted by Crippen LogP contribution is 2.40. The molecule has 0 aliphatic heterocycles. The van der Waals surface area contributed by atoms with Gasteiger partial charge in [-0.05, 0) is 93.4 Å². The summed E-state index contributed by atoms with van der Waals surface area (Å²) >= 11 is 0. The topological polar surface area (TPSA) is 29.3 Å². The summed E-state index contributed by atoms with van der Waals surface area (Å²) in [6.45, 7) is 0. The Morgan fingerprint density at radius 2 is 0.857 bits per heavy atom. The summed E-state index contributed by atoms with van der Waals surface area (Å²) in [5.74, 6) is 0. The first-order valence-electron chi connectivity index (χ1n) is 14.2. The van der Waals surface area contributed by atoms with Gasteiger partial charge in [0.05, 0.1) is 0 Å². The molecule has 0 unspecified atom stereocenters. The SMILES string of the molecule is Nc1cccc2cccc(-c3cccc(-c4cc(-c5ccccc5)cc(N(c5ccccc5)c5ccccc5)c4)c3)c12. The molecule has 0 heterocycles. The third-order valence-electron chi connectivity index (χ3n) is 7.76. The Labute approximate surface area is 246 Å². The lowest BCUT2D eigenvalue weighted by Gasteiger charge is -2.27. The van der Waals surface area contributed by atoms with Crippen LogP contribution in [0.25, 0.3) is 44.2 Å². The molecule has 2 nitrogen and oxygen atoms in total. The normalized spacial score (nSPS) is 11.0. The Morgan fingerprint density at radius 3 is 1.52 bits per heavy atom. The quantitative estimate of drug-likeness (QED) is 0.213. The first-order chi connectivity index (χ1) is 20.7. The Bertz CT molecular complexity index is 1940. The van der Waals surface area contributed by atoms with Crippen molar-refractivity contribution in [2.75, 3.05) is 10.6 Å². The molecule has 0 aliphatic carbocycles. The molecule has 2 N–H and O–H groups in total. The van der Waals surface area contributed by atoms with Gasteiger partial charge in [-0.15, -0.1) is 0 Å². The van der Waals surface area contributed by atoms with E-state index in [4.69, 9.17) is 5.73 Å². The fraction of sp³-hybridized carbons (Fsp3) is 0. The van der Waals surface area contributed by atoms with Crippen LogP contribution in [0.4, 0.5) is 22.7 Å². The second kappa shape index (κ2) is 11.1. The molecule has 0 fully saturated rings. The molecule has 2 heteroatoms. The van der Waals surface area contributed by atoms with Crippen LogP contribution in [0.2, 0.25) is 0 Å². The zero-order valence-electron chi connectivity index (χ0n) is 23.2. The van der Waals surface area contributed by atoms with E-state index in [2.05, 4.69) is 163 Å². The number of hydrogen-bond donors (Lipinski definition) is 1.